The highest BCUT2D eigenvalue weighted by Gasteiger charge is 2.25. The van der Waals surface area contributed by atoms with Gasteiger partial charge in [0.15, 0.2) is 4.77 Å². The van der Waals surface area contributed by atoms with Crippen molar-refractivity contribution >= 4 is 24.1 Å². The maximum absolute atomic E-state index is 12.2. The molecule has 1 fully saturated rings. The second-order valence-corrected chi connectivity index (χ2v) is 4.26. The topological polar surface area (TPSA) is 89.2 Å². The summed E-state index contributed by atoms with van der Waals surface area (Å²) in [6.07, 6.45) is 0. The van der Waals surface area contributed by atoms with Crippen molar-refractivity contribution in [3.63, 3.8) is 0 Å². The molecule has 0 bridgehead atoms. The van der Waals surface area contributed by atoms with E-state index in [0.29, 0.717) is 31.1 Å². The maximum atomic E-state index is 12.2. The standard InChI is InChI=1S/C9H15N5O2S/c1-6(14-8(10)11-12-9(14)17)7(15)13-2-4-16-5-3-13/h6H,2-5H2,1H3,(H2,10,11)(H,12,17). The number of anilines is 1. The molecule has 0 spiro atoms. The molecule has 3 N–H and O–H groups in total. The number of hydrogen-bond acceptors (Lipinski definition) is 5. The third kappa shape index (κ3) is 2.32. The van der Waals surface area contributed by atoms with E-state index in [2.05, 4.69) is 10.2 Å². The van der Waals surface area contributed by atoms with Crippen LogP contribution in [0.5, 0.6) is 0 Å². The number of nitrogen functional groups attached to an aromatic ring is 1. The van der Waals surface area contributed by atoms with E-state index in [-0.39, 0.29) is 11.9 Å². The van der Waals surface area contributed by atoms with Gasteiger partial charge in [0.2, 0.25) is 11.9 Å². The molecule has 1 aromatic heterocycles. The zero-order valence-corrected chi connectivity index (χ0v) is 10.4. The van der Waals surface area contributed by atoms with Gasteiger partial charge >= 0.3 is 0 Å². The van der Waals surface area contributed by atoms with Crippen molar-refractivity contribution in [2.75, 3.05) is 32.0 Å². The highest BCUT2D eigenvalue weighted by Crippen LogP contribution is 2.15. The summed E-state index contributed by atoms with van der Waals surface area (Å²) in [5.41, 5.74) is 5.67. The zero-order chi connectivity index (χ0) is 12.4. The number of morpholine rings is 1. The average Bonchev–Trinajstić information content (AvgIpc) is 2.68. The molecule has 1 aliphatic heterocycles. The Labute approximate surface area is 104 Å². The van der Waals surface area contributed by atoms with E-state index in [9.17, 15) is 4.79 Å². The molecule has 7 nitrogen and oxygen atoms in total. The predicted molar refractivity (Wildman–Crippen MR) is 63.9 cm³/mol. The van der Waals surface area contributed by atoms with Crippen molar-refractivity contribution in [1.82, 2.24) is 19.7 Å². The van der Waals surface area contributed by atoms with Gasteiger partial charge < -0.3 is 15.4 Å². The van der Waals surface area contributed by atoms with Gasteiger partial charge in [0.25, 0.3) is 0 Å². The fraction of sp³-hybridized carbons (Fsp3) is 0.667. The molecule has 17 heavy (non-hydrogen) atoms. The lowest BCUT2D eigenvalue weighted by Crippen LogP contribution is -2.43. The molecule has 0 saturated carbocycles. The van der Waals surface area contributed by atoms with Crippen molar-refractivity contribution in [2.24, 2.45) is 0 Å². The van der Waals surface area contributed by atoms with Crippen molar-refractivity contribution in [3.05, 3.63) is 4.77 Å². The number of hydrogen-bond donors (Lipinski definition) is 2. The molecule has 1 saturated heterocycles. The van der Waals surface area contributed by atoms with Crippen molar-refractivity contribution < 1.29 is 9.53 Å². The van der Waals surface area contributed by atoms with Gasteiger partial charge in [0.1, 0.15) is 6.04 Å². The Balaban J connectivity index is 2.17. The monoisotopic (exact) mass is 257 g/mol. The Morgan fingerprint density at radius 1 is 1.59 bits per heavy atom. The minimum absolute atomic E-state index is 0.0162. The quantitative estimate of drug-likeness (QED) is 0.725. The number of amides is 1. The van der Waals surface area contributed by atoms with E-state index in [1.54, 1.807) is 11.8 Å². The first kappa shape index (κ1) is 12.1. The molecule has 1 unspecified atom stereocenters. The summed E-state index contributed by atoms with van der Waals surface area (Å²) in [5, 5.41) is 6.36. The fourth-order valence-electron chi connectivity index (χ4n) is 1.85. The molecule has 2 heterocycles. The normalized spacial score (nSPS) is 18.1. The van der Waals surface area contributed by atoms with Crippen LogP contribution in [0.4, 0.5) is 5.95 Å². The lowest BCUT2D eigenvalue weighted by molar-refractivity contribution is -0.138. The number of carbonyl (C=O) groups excluding carboxylic acids is 1. The third-order valence-corrected chi connectivity index (χ3v) is 3.09. The summed E-state index contributed by atoms with van der Waals surface area (Å²) in [4.78, 5) is 14.0. The predicted octanol–water partition coefficient (Wildman–Crippen LogP) is -0.0573. The van der Waals surface area contributed by atoms with Gasteiger partial charge in [0, 0.05) is 13.1 Å². The van der Waals surface area contributed by atoms with Crippen LogP contribution in [-0.4, -0.2) is 51.9 Å². The summed E-state index contributed by atoms with van der Waals surface area (Å²) in [7, 11) is 0. The molecule has 0 aromatic carbocycles. The summed E-state index contributed by atoms with van der Waals surface area (Å²) < 4.78 is 7.08. The first-order valence-corrected chi connectivity index (χ1v) is 5.81. The summed E-state index contributed by atoms with van der Waals surface area (Å²) >= 11 is 5.04. The molecule has 2 rings (SSSR count). The third-order valence-electron chi connectivity index (χ3n) is 2.80. The molecule has 94 valence electrons. The first-order valence-electron chi connectivity index (χ1n) is 5.40. The van der Waals surface area contributed by atoms with E-state index in [1.807, 2.05) is 0 Å². The van der Waals surface area contributed by atoms with Crippen LogP contribution in [0.3, 0.4) is 0 Å². The molecular weight excluding hydrogens is 242 g/mol. The number of H-pyrrole nitrogens is 1. The fourth-order valence-corrected chi connectivity index (χ4v) is 2.15. The van der Waals surface area contributed by atoms with E-state index in [4.69, 9.17) is 22.7 Å². The summed E-state index contributed by atoms with van der Waals surface area (Å²) in [6, 6.07) is -0.445. The number of aromatic nitrogens is 3. The van der Waals surface area contributed by atoms with Crippen LogP contribution in [-0.2, 0) is 9.53 Å². The number of nitrogens with one attached hydrogen (secondary N) is 1. The van der Waals surface area contributed by atoms with Gasteiger partial charge in [-0.2, -0.15) is 0 Å². The lowest BCUT2D eigenvalue weighted by atomic mass is 10.2. The van der Waals surface area contributed by atoms with E-state index in [0.717, 1.165) is 0 Å². The number of ether oxygens (including phenoxy) is 1. The highest BCUT2D eigenvalue weighted by atomic mass is 32.1. The Morgan fingerprint density at radius 2 is 2.24 bits per heavy atom. The average molecular weight is 257 g/mol. The number of carbonyl (C=O) groups is 1. The second-order valence-electron chi connectivity index (χ2n) is 3.87. The van der Waals surface area contributed by atoms with E-state index >= 15 is 0 Å². The molecule has 0 radical (unpaired) electrons. The molecule has 1 aliphatic rings. The minimum atomic E-state index is -0.445. The van der Waals surface area contributed by atoms with Crippen LogP contribution in [0.15, 0.2) is 0 Å². The number of aromatic amines is 1. The SMILES string of the molecule is CC(C(=O)N1CCOCC1)n1c(N)n[nH]c1=S. The van der Waals surface area contributed by atoms with Crippen LogP contribution < -0.4 is 5.73 Å². The van der Waals surface area contributed by atoms with Gasteiger partial charge in [-0.3, -0.25) is 9.36 Å². The van der Waals surface area contributed by atoms with Crippen LogP contribution in [0, 0.1) is 4.77 Å². The van der Waals surface area contributed by atoms with E-state index in [1.165, 1.54) is 4.57 Å². The van der Waals surface area contributed by atoms with Crippen LogP contribution in [0.2, 0.25) is 0 Å². The number of nitrogens with two attached hydrogens (primary N) is 1. The molecule has 0 aliphatic carbocycles. The minimum Gasteiger partial charge on any atom is -0.378 e. The molecule has 1 amide bonds. The van der Waals surface area contributed by atoms with Gasteiger partial charge in [-0.15, -0.1) is 5.10 Å². The first-order chi connectivity index (χ1) is 8.11. The van der Waals surface area contributed by atoms with Crippen LogP contribution in [0.1, 0.15) is 13.0 Å². The van der Waals surface area contributed by atoms with Crippen LogP contribution in [0.25, 0.3) is 0 Å². The number of nitrogens with zero attached hydrogens (tertiary/aromatic N) is 3. The Kier molecular flexibility index (Phi) is 3.43. The number of rotatable bonds is 2. The van der Waals surface area contributed by atoms with Crippen LogP contribution >= 0.6 is 12.2 Å². The van der Waals surface area contributed by atoms with E-state index < -0.39 is 6.04 Å². The molecule has 1 aromatic rings. The highest BCUT2D eigenvalue weighted by molar-refractivity contribution is 7.71. The molecule has 1 atom stereocenters. The van der Waals surface area contributed by atoms with Gasteiger partial charge in [0.05, 0.1) is 13.2 Å². The van der Waals surface area contributed by atoms with Crippen molar-refractivity contribution in [2.45, 2.75) is 13.0 Å². The van der Waals surface area contributed by atoms with Gasteiger partial charge in [-0.1, -0.05) is 0 Å². The largest absolute Gasteiger partial charge is 0.378 e. The zero-order valence-electron chi connectivity index (χ0n) is 9.55. The summed E-state index contributed by atoms with van der Waals surface area (Å²) in [5.74, 6) is 0.210. The maximum Gasteiger partial charge on any atom is 0.245 e. The Morgan fingerprint density at radius 3 is 2.76 bits per heavy atom. The van der Waals surface area contributed by atoms with Gasteiger partial charge in [-0.05, 0) is 19.1 Å². The lowest BCUT2D eigenvalue weighted by Gasteiger charge is -2.29. The Hall–Kier alpha value is -1.41. The van der Waals surface area contributed by atoms with Crippen molar-refractivity contribution in [3.8, 4) is 0 Å². The van der Waals surface area contributed by atoms with Gasteiger partial charge in [-0.25, -0.2) is 5.10 Å². The smallest absolute Gasteiger partial charge is 0.245 e. The van der Waals surface area contributed by atoms with Crippen molar-refractivity contribution in [1.29, 1.82) is 0 Å². The summed E-state index contributed by atoms with van der Waals surface area (Å²) in [6.45, 7) is 4.12. The molecule has 8 heteroatoms. The second kappa shape index (κ2) is 4.84. The Bertz CT molecular complexity index is 462. The molecular formula is C9H15N5O2S.